The molecule has 2 N–H and O–H groups in total. The summed E-state index contributed by atoms with van der Waals surface area (Å²) in [5.74, 6) is 6.01. The summed E-state index contributed by atoms with van der Waals surface area (Å²) in [6, 6.07) is 24.3. The molecule has 0 radical (unpaired) electrons. The van der Waals surface area contributed by atoms with Crippen molar-refractivity contribution in [1.82, 2.24) is 38.7 Å². The smallest absolute Gasteiger partial charge is 0.434 e. The van der Waals surface area contributed by atoms with Gasteiger partial charge in [-0.05, 0) is 73.7 Å². The fourth-order valence-corrected chi connectivity index (χ4v) is 12.3. The number of hydrogen-bond acceptors (Lipinski definition) is 14. The molecule has 2 unspecified atom stereocenters. The van der Waals surface area contributed by atoms with Gasteiger partial charge in [0.25, 0.3) is 11.1 Å². The van der Waals surface area contributed by atoms with Crippen LogP contribution in [0, 0.1) is 0 Å². The molecule has 4 aromatic carbocycles. The summed E-state index contributed by atoms with van der Waals surface area (Å²) in [5.41, 5.74) is 4.78. The lowest BCUT2D eigenvalue weighted by Gasteiger charge is -2.29. The number of thioether (sulfide) groups is 2. The zero-order chi connectivity index (χ0) is 52.9. The van der Waals surface area contributed by atoms with Gasteiger partial charge in [-0.3, -0.25) is 19.0 Å². The quantitative estimate of drug-likeness (QED) is 0.0996. The van der Waals surface area contributed by atoms with Gasteiger partial charge in [-0.15, -0.1) is 0 Å². The van der Waals surface area contributed by atoms with E-state index in [1.165, 1.54) is 12.4 Å². The highest BCUT2D eigenvalue weighted by molar-refractivity contribution is 9.10. The maximum absolute atomic E-state index is 13.2. The Kier molecular flexibility index (Phi) is 16.7. The monoisotopic (exact) mass is 1140 g/mol. The minimum atomic E-state index is -2.92. The van der Waals surface area contributed by atoms with Crippen molar-refractivity contribution in [2.24, 2.45) is 0 Å². The van der Waals surface area contributed by atoms with Gasteiger partial charge < -0.3 is 29.3 Å². The van der Waals surface area contributed by atoms with E-state index >= 15 is 0 Å². The number of rotatable bonds is 10. The number of nitrogens with zero attached hydrogens (tertiary/aromatic N) is 10. The fraction of sp³-hybridized carbons (Fsp3) is 0.346. The summed E-state index contributed by atoms with van der Waals surface area (Å²) in [5, 5.41) is 19.0. The Labute approximate surface area is 450 Å². The number of anilines is 2. The second-order valence-electron chi connectivity index (χ2n) is 18.2. The molecule has 0 saturated carbocycles. The van der Waals surface area contributed by atoms with E-state index in [1.807, 2.05) is 81.7 Å². The second kappa shape index (κ2) is 23.9. The number of ether oxygens (including phenoxy) is 2. The van der Waals surface area contributed by atoms with E-state index in [0.717, 1.165) is 101 Å². The largest absolute Gasteiger partial charge is 0.491 e. The van der Waals surface area contributed by atoms with Crippen molar-refractivity contribution < 1.29 is 37.1 Å². The van der Waals surface area contributed by atoms with Gasteiger partial charge in [-0.1, -0.05) is 58.4 Å². The molecule has 16 nitrogen and oxygen atoms in total. The Hall–Kier alpha value is -6.34. The standard InChI is InChI=1S/C26H25F2N5O2S.C18H15BrF2N2O2.C8H12BN3O2S/c27-25(28)35-23-6-2-1-4-19(23)21-5-3-9-32-24(34)20-8-7-17(14-22(20)33(21)32)18-15-29-26(30-16-18)31-10-12-36-13-11-31;19-11-7-8-13-15(10-11)23-14(5-3-9-22(23)17(13)24)12-4-1-2-6-16(12)25-18(20)21;13-9(14)7-5-10-8(11-6-7)12-1-3-15-4-2-12/h1-2,4,6-8,14-16,21,25H,3,5,9-13H2;1-2,4,6-8,10,14,18H,3,5,9H2;5-6,13-14H,1-4H2. The molecule has 0 amide bonds. The first kappa shape index (κ1) is 53.1. The van der Waals surface area contributed by atoms with Crippen LogP contribution in [0.15, 0.2) is 124 Å². The number of fused-ring (bicyclic) bond motifs is 6. The zero-order valence-electron chi connectivity index (χ0n) is 40.9. The van der Waals surface area contributed by atoms with Gasteiger partial charge in [-0.25, -0.2) is 29.3 Å². The van der Waals surface area contributed by atoms with Crippen LogP contribution in [0.4, 0.5) is 29.5 Å². The molecular formula is C52H52BBrF4N10O6S2. The van der Waals surface area contributed by atoms with Crippen molar-refractivity contribution in [3.8, 4) is 22.6 Å². The second-order valence-corrected chi connectivity index (χ2v) is 21.6. The highest BCUT2D eigenvalue weighted by Crippen LogP contribution is 2.39. The van der Waals surface area contributed by atoms with Crippen molar-refractivity contribution in [1.29, 1.82) is 0 Å². The molecule has 2 saturated heterocycles. The van der Waals surface area contributed by atoms with Crippen molar-refractivity contribution in [2.75, 3.05) is 59.0 Å². The summed E-state index contributed by atoms with van der Waals surface area (Å²) in [4.78, 5) is 47.6. The number of benzene rings is 4. The van der Waals surface area contributed by atoms with Crippen LogP contribution in [-0.2, 0) is 13.1 Å². The third-order valence-electron chi connectivity index (χ3n) is 13.7. The Morgan fingerprint density at radius 1 is 0.579 bits per heavy atom. The van der Waals surface area contributed by atoms with Crippen LogP contribution in [-0.4, -0.2) is 118 Å². The van der Waals surface area contributed by atoms with Gasteiger partial charge in [-0.2, -0.15) is 41.1 Å². The minimum Gasteiger partial charge on any atom is -0.434 e. The lowest BCUT2D eigenvalue weighted by Crippen LogP contribution is -2.36. The van der Waals surface area contributed by atoms with E-state index in [0.29, 0.717) is 52.8 Å². The Morgan fingerprint density at radius 2 is 1.03 bits per heavy atom. The Balaban J connectivity index is 0.000000142. The molecule has 12 rings (SSSR count). The number of para-hydroxylation sites is 2. The summed E-state index contributed by atoms with van der Waals surface area (Å²) < 4.78 is 69.5. The number of hydrogen-bond donors (Lipinski definition) is 2. The molecule has 8 aromatic rings. The molecule has 76 heavy (non-hydrogen) atoms. The predicted molar refractivity (Wildman–Crippen MR) is 293 cm³/mol. The molecule has 0 spiro atoms. The summed E-state index contributed by atoms with van der Waals surface area (Å²) in [6.07, 6.45) is 9.57. The highest BCUT2D eigenvalue weighted by Gasteiger charge is 2.30. The van der Waals surface area contributed by atoms with Crippen LogP contribution in [0.5, 0.6) is 11.5 Å². The molecule has 4 aliphatic rings. The van der Waals surface area contributed by atoms with Gasteiger partial charge in [0.2, 0.25) is 11.9 Å². The molecule has 24 heteroatoms. The van der Waals surface area contributed by atoms with Gasteiger partial charge in [0.05, 0.1) is 33.9 Å². The average Bonchev–Trinajstić information content (AvgIpc) is 3.90. The molecule has 396 valence electrons. The SMILES string of the molecule is O=c1c2ccc(-c3cnc(N4CCSCC4)nc3)cc2n2n1CCCC2c1ccccc1OC(F)F.O=c1c2ccc(Br)cc2n2n1CCCC2c1ccccc1OC(F)F.OB(O)c1cnc(N2CCSCC2)nc1. The topological polar surface area (TPSA) is 171 Å². The van der Waals surface area contributed by atoms with E-state index in [4.69, 9.17) is 19.5 Å². The normalized spacial score (nSPS) is 17.4. The van der Waals surface area contributed by atoms with E-state index in [-0.39, 0.29) is 34.7 Å². The first-order valence-corrected chi connectivity index (χ1v) is 27.9. The first-order valence-electron chi connectivity index (χ1n) is 24.8. The molecule has 2 fully saturated rings. The van der Waals surface area contributed by atoms with Crippen molar-refractivity contribution in [3.05, 3.63) is 146 Å². The van der Waals surface area contributed by atoms with Crippen molar-refractivity contribution in [2.45, 2.75) is 64.1 Å². The van der Waals surface area contributed by atoms with Gasteiger partial charge >= 0.3 is 20.3 Å². The molecule has 0 bridgehead atoms. The predicted octanol–water partition coefficient (Wildman–Crippen LogP) is 8.06. The van der Waals surface area contributed by atoms with E-state index in [2.05, 4.69) is 45.7 Å². The van der Waals surface area contributed by atoms with Gasteiger partial charge in [0.15, 0.2) is 0 Å². The van der Waals surface area contributed by atoms with Crippen LogP contribution in [0.3, 0.4) is 0 Å². The third kappa shape index (κ3) is 11.5. The Bertz CT molecular complexity index is 3410. The maximum Gasteiger partial charge on any atom is 0.491 e. The van der Waals surface area contributed by atoms with E-state index in [1.54, 1.807) is 57.9 Å². The molecule has 4 aromatic heterocycles. The number of halogens is 5. The van der Waals surface area contributed by atoms with Gasteiger partial charge in [0, 0.05) is 114 Å². The maximum atomic E-state index is 13.2. The third-order valence-corrected chi connectivity index (χ3v) is 16.1. The average molecular weight is 1140 g/mol. The van der Waals surface area contributed by atoms with Crippen LogP contribution in [0.2, 0.25) is 0 Å². The van der Waals surface area contributed by atoms with Crippen LogP contribution in [0.1, 0.15) is 48.9 Å². The Morgan fingerprint density at radius 3 is 1.50 bits per heavy atom. The van der Waals surface area contributed by atoms with Crippen molar-refractivity contribution >= 4 is 85.7 Å². The zero-order valence-corrected chi connectivity index (χ0v) is 44.1. The summed E-state index contributed by atoms with van der Waals surface area (Å²) >= 11 is 7.31. The van der Waals surface area contributed by atoms with E-state index in [9.17, 15) is 27.2 Å². The molecular weight excluding hydrogens is 1090 g/mol. The summed E-state index contributed by atoms with van der Waals surface area (Å²) in [7, 11) is -1.49. The number of aromatic nitrogens is 8. The van der Waals surface area contributed by atoms with Crippen molar-refractivity contribution in [3.63, 3.8) is 0 Å². The lowest BCUT2D eigenvalue weighted by molar-refractivity contribution is -0.0515. The van der Waals surface area contributed by atoms with Crippen LogP contribution < -0.4 is 35.9 Å². The van der Waals surface area contributed by atoms with Crippen LogP contribution in [0.25, 0.3) is 32.9 Å². The molecule has 4 aliphatic heterocycles. The molecule has 8 heterocycles. The lowest BCUT2D eigenvalue weighted by atomic mass is 9.83. The minimum absolute atomic E-state index is 0.0561. The molecule has 0 aliphatic carbocycles. The van der Waals surface area contributed by atoms with E-state index < -0.39 is 20.3 Å². The molecule has 2 atom stereocenters. The number of alkyl halides is 4. The highest BCUT2D eigenvalue weighted by atomic mass is 79.9. The fourth-order valence-electron chi connectivity index (χ4n) is 10.2. The van der Waals surface area contributed by atoms with Gasteiger partial charge in [0.1, 0.15) is 11.5 Å². The summed E-state index contributed by atoms with van der Waals surface area (Å²) in [6.45, 7) is -0.846. The first-order chi connectivity index (χ1) is 36.9. The van der Waals surface area contributed by atoms with Crippen LogP contribution >= 0.6 is 39.5 Å².